The van der Waals surface area contributed by atoms with E-state index in [2.05, 4.69) is 68.3 Å². The fourth-order valence-corrected chi connectivity index (χ4v) is 6.51. The summed E-state index contributed by atoms with van der Waals surface area (Å²) in [6.45, 7) is 9.89. The Morgan fingerprint density at radius 1 is 1.14 bits per heavy atom. The number of pyridine rings is 1. The van der Waals surface area contributed by atoms with E-state index in [4.69, 9.17) is 4.74 Å². The molecule has 4 aliphatic heterocycles. The number of nitrogens with zero attached hydrogens (tertiary/aromatic N) is 5. The lowest BCUT2D eigenvalue weighted by Gasteiger charge is -2.49. The van der Waals surface area contributed by atoms with Gasteiger partial charge in [-0.15, -0.1) is 0 Å². The molecule has 0 bridgehead atoms. The Hall–Kier alpha value is -3.18. The maximum atomic E-state index is 9.55. The molecule has 178 valence electrons. The van der Waals surface area contributed by atoms with Crippen LogP contribution in [0.15, 0.2) is 48.7 Å². The molecule has 5 heterocycles. The molecule has 1 spiro atoms. The third kappa shape index (κ3) is 3.32. The summed E-state index contributed by atoms with van der Waals surface area (Å²) in [4.78, 5) is 12.2. The molecule has 35 heavy (non-hydrogen) atoms. The summed E-state index contributed by atoms with van der Waals surface area (Å²) >= 11 is 0. The molecule has 2 atom stereocenters. The molecular formula is C28H30N6O. The van der Waals surface area contributed by atoms with Crippen molar-refractivity contribution >= 4 is 22.3 Å². The van der Waals surface area contributed by atoms with Gasteiger partial charge in [-0.1, -0.05) is 6.07 Å². The molecule has 0 saturated carbocycles. The zero-order valence-corrected chi connectivity index (χ0v) is 20.1. The third-order valence-electron chi connectivity index (χ3n) is 8.40. The Bertz CT molecular complexity index is 1350. The van der Waals surface area contributed by atoms with Crippen molar-refractivity contribution in [2.24, 2.45) is 0 Å². The van der Waals surface area contributed by atoms with Crippen molar-refractivity contribution < 1.29 is 4.74 Å². The van der Waals surface area contributed by atoms with Crippen molar-refractivity contribution in [3.05, 3.63) is 65.4 Å². The molecule has 3 aromatic rings. The van der Waals surface area contributed by atoms with Crippen LogP contribution < -0.4 is 15.1 Å². The molecule has 4 aliphatic rings. The van der Waals surface area contributed by atoms with E-state index in [0.29, 0.717) is 17.6 Å². The van der Waals surface area contributed by atoms with Gasteiger partial charge in [0.15, 0.2) is 0 Å². The first-order valence-electron chi connectivity index (χ1n) is 12.7. The van der Waals surface area contributed by atoms with Gasteiger partial charge < -0.3 is 19.9 Å². The van der Waals surface area contributed by atoms with E-state index < -0.39 is 0 Å². The standard InChI is InChI=1S/C28H30N6O/c1-19-13-33(25-7-4-20(12-29)27-24(25)3-2-8-31-27)15-26-23-6-5-22(11-21(23)14-34(19)26)32-9-10-35-28(18-32)16-30-17-28/h2-8,11,19,26,30H,9-10,13-18H2,1H3/t19-,26-/m1/s1. The van der Waals surface area contributed by atoms with Crippen LogP contribution in [0.2, 0.25) is 0 Å². The average molecular weight is 467 g/mol. The molecule has 7 nitrogen and oxygen atoms in total. The maximum Gasteiger partial charge on any atom is 0.110 e. The second kappa shape index (κ2) is 7.92. The van der Waals surface area contributed by atoms with Gasteiger partial charge in [-0.2, -0.15) is 5.26 Å². The number of nitriles is 1. The molecule has 2 aromatic carbocycles. The molecular weight excluding hydrogens is 436 g/mol. The van der Waals surface area contributed by atoms with Crippen molar-refractivity contribution in [2.75, 3.05) is 55.7 Å². The number of morpholine rings is 1. The number of anilines is 2. The van der Waals surface area contributed by atoms with Gasteiger partial charge in [0.1, 0.15) is 11.7 Å². The summed E-state index contributed by atoms with van der Waals surface area (Å²) in [5.41, 5.74) is 6.85. The van der Waals surface area contributed by atoms with Gasteiger partial charge in [-0.25, -0.2) is 0 Å². The second-order valence-electron chi connectivity index (χ2n) is 10.5. The zero-order valence-electron chi connectivity index (χ0n) is 20.1. The van der Waals surface area contributed by atoms with Crippen molar-refractivity contribution in [1.82, 2.24) is 15.2 Å². The second-order valence-corrected chi connectivity index (χ2v) is 10.5. The lowest BCUT2D eigenvalue weighted by atomic mass is 9.94. The number of nitrogens with one attached hydrogen (secondary N) is 1. The predicted octanol–water partition coefficient (Wildman–Crippen LogP) is 3.05. The monoisotopic (exact) mass is 466 g/mol. The lowest BCUT2D eigenvalue weighted by molar-refractivity contribution is -0.0881. The lowest BCUT2D eigenvalue weighted by Crippen LogP contribution is -2.69. The molecule has 0 unspecified atom stereocenters. The molecule has 1 N–H and O–H groups in total. The van der Waals surface area contributed by atoms with E-state index in [0.717, 1.165) is 63.3 Å². The van der Waals surface area contributed by atoms with Gasteiger partial charge in [0.05, 0.1) is 23.7 Å². The van der Waals surface area contributed by atoms with E-state index in [1.165, 1.54) is 22.5 Å². The van der Waals surface area contributed by atoms with Gasteiger partial charge in [0, 0.05) is 74.8 Å². The van der Waals surface area contributed by atoms with Crippen LogP contribution in [0.5, 0.6) is 0 Å². The highest BCUT2D eigenvalue weighted by Gasteiger charge is 2.43. The molecule has 3 fully saturated rings. The van der Waals surface area contributed by atoms with Gasteiger partial charge in [0.2, 0.25) is 0 Å². The van der Waals surface area contributed by atoms with E-state index in [-0.39, 0.29) is 5.60 Å². The smallest absolute Gasteiger partial charge is 0.110 e. The summed E-state index contributed by atoms with van der Waals surface area (Å²) in [7, 11) is 0. The van der Waals surface area contributed by atoms with Crippen LogP contribution in [0.4, 0.5) is 11.4 Å². The van der Waals surface area contributed by atoms with Crippen LogP contribution in [-0.2, 0) is 11.3 Å². The van der Waals surface area contributed by atoms with Crippen LogP contribution in [0, 0.1) is 11.3 Å². The number of rotatable bonds is 2. The topological polar surface area (TPSA) is 67.7 Å². The first-order chi connectivity index (χ1) is 17.1. The first-order valence-corrected chi connectivity index (χ1v) is 12.7. The van der Waals surface area contributed by atoms with E-state index in [1.54, 1.807) is 6.20 Å². The minimum Gasteiger partial charge on any atom is -0.369 e. The first kappa shape index (κ1) is 21.1. The molecule has 7 rings (SSSR count). The Balaban J connectivity index is 1.19. The Kier molecular flexibility index (Phi) is 4.78. The van der Waals surface area contributed by atoms with E-state index >= 15 is 0 Å². The zero-order chi connectivity index (χ0) is 23.6. The van der Waals surface area contributed by atoms with Crippen LogP contribution >= 0.6 is 0 Å². The molecule has 0 amide bonds. The fraction of sp³-hybridized carbons (Fsp3) is 0.429. The molecule has 3 saturated heterocycles. The number of hydrogen-bond donors (Lipinski definition) is 1. The van der Waals surface area contributed by atoms with Crippen molar-refractivity contribution in [2.45, 2.75) is 31.2 Å². The Morgan fingerprint density at radius 3 is 2.89 bits per heavy atom. The Morgan fingerprint density at radius 2 is 2.06 bits per heavy atom. The quantitative estimate of drug-likeness (QED) is 0.623. The summed E-state index contributed by atoms with van der Waals surface area (Å²) in [5, 5.41) is 14.0. The van der Waals surface area contributed by atoms with Crippen LogP contribution in [0.1, 0.15) is 29.7 Å². The minimum atomic E-state index is 0.00247. The number of ether oxygens (including phenoxy) is 1. The van der Waals surface area contributed by atoms with E-state index in [9.17, 15) is 5.26 Å². The normalized spacial score (nSPS) is 25.3. The molecule has 0 aliphatic carbocycles. The van der Waals surface area contributed by atoms with Gasteiger partial charge in [-0.05, 0) is 54.4 Å². The number of piperazine rings is 1. The fourth-order valence-electron chi connectivity index (χ4n) is 6.51. The number of aromatic nitrogens is 1. The van der Waals surface area contributed by atoms with Gasteiger partial charge in [0.25, 0.3) is 0 Å². The summed E-state index contributed by atoms with van der Waals surface area (Å²) < 4.78 is 6.10. The van der Waals surface area contributed by atoms with Crippen molar-refractivity contribution in [3.63, 3.8) is 0 Å². The number of fused-ring (bicyclic) bond motifs is 4. The average Bonchev–Trinajstić information content (AvgIpc) is 3.25. The van der Waals surface area contributed by atoms with Crippen LogP contribution in [0.3, 0.4) is 0 Å². The molecule has 1 aromatic heterocycles. The summed E-state index contributed by atoms with van der Waals surface area (Å²) in [6, 6.07) is 18.3. The third-order valence-corrected chi connectivity index (χ3v) is 8.40. The molecule has 0 radical (unpaired) electrons. The number of hydrogen-bond acceptors (Lipinski definition) is 7. The van der Waals surface area contributed by atoms with Crippen molar-refractivity contribution in [3.8, 4) is 6.07 Å². The highest BCUT2D eigenvalue weighted by molar-refractivity contribution is 5.95. The minimum absolute atomic E-state index is 0.00247. The van der Waals surface area contributed by atoms with Gasteiger partial charge >= 0.3 is 0 Å². The summed E-state index contributed by atoms with van der Waals surface area (Å²) in [6.07, 6.45) is 1.77. The maximum absolute atomic E-state index is 9.55. The SMILES string of the molecule is C[C@@H]1CN(c2ccc(C#N)c3ncccc23)C[C@@H]2c3ccc(N4CCOC5(CNC5)C4)cc3CN12. The number of benzene rings is 2. The predicted molar refractivity (Wildman–Crippen MR) is 137 cm³/mol. The van der Waals surface area contributed by atoms with Crippen LogP contribution in [0.25, 0.3) is 10.9 Å². The van der Waals surface area contributed by atoms with Crippen LogP contribution in [-0.4, -0.2) is 67.4 Å². The summed E-state index contributed by atoms with van der Waals surface area (Å²) in [5.74, 6) is 0. The van der Waals surface area contributed by atoms with Crippen molar-refractivity contribution in [1.29, 1.82) is 5.26 Å². The van der Waals surface area contributed by atoms with E-state index in [1.807, 2.05) is 12.1 Å². The Labute approximate surface area is 205 Å². The van der Waals surface area contributed by atoms with Gasteiger partial charge in [-0.3, -0.25) is 9.88 Å². The largest absolute Gasteiger partial charge is 0.369 e. The highest BCUT2D eigenvalue weighted by atomic mass is 16.5. The highest BCUT2D eigenvalue weighted by Crippen LogP contribution is 2.42. The molecule has 7 heteroatoms.